The molecule has 0 aliphatic carbocycles. The Bertz CT molecular complexity index is 735. The van der Waals surface area contributed by atoms with Gasteiger partial charge in [0.05, 0.1) is 6.61 Å². The lowest BCUT2D eigenvalue weighted by Crippen LogP contribution is -2.43. The summed E-state index contributed by atoms with van der Waals surface area (Å²) in [4.78, 5) is 19.9. The molecule has 2 aromatic heterocycles. The minimum atomic E-state index is 0.0418. The highest BCUT2D eigenvalue weighted by atomic mass is 32.1. The average Bonchev–Trinajstić information content (AvgIpc) is 3.26. The fourth-order valence-corrected chi connectivity index (χ4v) is 4.13. The standard InChI is InChI=1S/C19H25N3O2S/c1-15-20-8-11-21(15)10-7-17-4-2-3-9-22(17)19(24)6-5-18-12-16(13-23)14-25-18/h5-6,8,11-12,14,17,23H,2-4,7,9-10,13H2,1H3. The summed E-state index contributed by atoms with van der Waals surface area (Å²) in [6, 6.07) is 2.22. The maximum atomic E-state index is 12.7. The topological polar surface area (TPSA) is 58.4 Å². The van der Waals surface area contributed by atoms with E-state index in [4.69, 9.17) is 5.11 Å². The summed E-state index contributed by atoms with van der Waals surface area (Å²) in [6.07, 6.45) is 11.7. The Morgan fingerprint density at radius 1 is 1.48 bits per heavy atom. The summed E-state index contributed by atoms with van der Waals surface area (Å²) in [5.74, 6) is 1.11. The van der Waals surface area contributed by atoms with Gasteiger partial charge in [-0.25, -0.2) is 4.98 Å². The molecule has 1 atom stereocenters. The fraction of sp³-hybridized carbons (Fsp3) is 0.474. The molecule has 1 fully saturated rings. The van der Waals surface area contributed by atoms with E-state index in [1.165, 1.54) is 6.42 Å². The Morgan fingerprint density at radius 2 is 2.36 bits per heavy atom. The van der Waals surface area contributed by atoms with Crippen LogP contribution in [0.5, 0.6) is 0 Å². The van der Waals surface area contributed by atoms with Gasteiger partial charge in [0.1, 0.15) is 5.82 Å². The number of amides is 1. The lowest BCUT2D eigenvalue weighted by Gasteiger charge is -2.35. The minimum Gasteiger partial charge on any atom is -0.392 e. The molecule has 25 heavy (non-hydrogen) atoms. The monoisotopic (exact) mass is 359 g/mol. The molecule has 1 saturated heterocycles. The van der Waals surface area contributed by atoms with E-state index in [1.807, 2.05) is 41.7 Å². The minimum absolute atomic E-state index is 0.0418. The van der Waals surface area contributed by atoms with Crippen LogP contribution in [0.15, 0.2) is 29.9 Å². The predicted molar refractivity (Wildman–Crippen MR) is 100 cm³/mol. The largest absolute Gasteiger partial charge is 0.392 e. The van der Waals surface area contributed by atoms with Crippen LogP contribution in [0.25, 0.3) is 6.08 Å². The summed E-state index contributed by atoms with van der Waals surface area (Å²) >= 11 is 1.55. The zero-order valence-corrected chi connectivity index (χ0v) is 15.4. The quantitative estimate of drug-likeness (QED) is 0.806. The van der Waals surface area contributed by atoms with Crippen molar-refractivity contribution in [2.75, 3.05) is 6.54 Å². The summed E-state index contributed by atoms with van der Waals surface area (Å²) in [5, 5.41) is 11.0. The van der Waals surface area contributed by atoms with Gasteiger partial charge in [0, 0.05) is 42.5 Å². The highest BCUT2D eigenvalue weighted by Crippen LogP contribution is 2.22. The van der Waals surface area contributed by atoms with Gasteiger partial charge in [-0.2, -0.15) is 0 Å². The molecule has 6 heteroatoms. The molecule has 0 spiro atoms. The number of aromatic nitrogens is 2. The van der Waals surface area contributed by atoms with Crippen molar-refractivity contribution < 1.29 is 9.90 Å². The second-order valence-corrected chi connectivity index (χ2v) is 7.43. The van der Waals surface area contributed by atoms with Gasteiger partial charge in [0.15, 0.2) is 0 Å². The summed E-state index contributed by atoms with van der Waals surface area (Å²) < 4.78 is 2.15. The van der Waals surface area contributed by atoms with Crippen molar-refractivity contribution in [3.05, 3.63) is 46.2 Å². The third-order valence-electron chi connectivity index (χ3n) is 4.78. The van der Waals surface area contributed by atoms with E-state index in [2.05, 4.69) is 9.55 Å². The smallest absolute Gasteiger partial charge is 0.246 e. The normalized spacial score (nSPS) is 18.2. The lowest BCUT2D eigenvalue weighted by atomic mass is 9.99. The summed E-state index contributed by atoms with van der Waals surface area (Å²) in [6.45, 7) is 3.78. The number of aliphatic hydroxyl groups excluding tert-OH is 1. The van der Waals surface area contributed by atoms with Crippen molar-refractivity contribution in [2.24, 2.45) is 0 Å². The van der Waals surface area contributed by atoms with Crippen LogP contribution in [-0.2, 0) is 17.9 Å². The molecule has 134 valence electrons. The third kappa shape index (κ3) is 4.58. The van der Waals surface area contributed by atoms with Crippen LogP contribution >= 0.6 is 11.3 Å². The van der Waals surface area contributed by atoms with Crippen molar-refractivity contribution in [3.63, 3.8) is 0 Å². The van der Waals surface area contributed by atoms with E-state index in [9.17, 15) is 4.79 Å². The number of aliphatic hydroxyl groups is 1. The van der Waals surface area contributed by atoms with Crippen molar-refractivity contribution >= 4 is 23.3 Å². The number of hydrogen-bond donors (Lipinski definition) is 1. The molecule has 0 saturated carbocycles. The molecule has 1 N–H and O–H groups in total. The summed E-state index contributed by atoms with van der Waals surface area (Å²) in [7, 11) is 0. The van der Waals surface area contributed by atoms with Crippen LogP contribution in [0.2, 0.25) is 0 Å². The Labute approximate surface area is 152 Å². The fourth-order valence-electron chi connectivity index (χ4n) is 3.33. The predicted octanol–water partition coefficient (Wildman–Crippen LogP) is 3.23. The maximum Gasteiger partial charge on any atom is 0.246 e. The van der Waals surface area contributed by atoms with Gasteiger partial charge < -0.3 is 14.6 Å². The molecule has 0 bridgehead atoms. The van der Waals surface area contributed by atoms with Crippen LogP contribution in [0.1, 0.15) is 41.9 Å². The van der Waals surface area contributed by atoms with E-state index < -0.39 is 0 Å². The van der Waals surface area contributed by atoms with E-state index in [0.717, 1.165) is 48.6 Å². The zero-order valence-electron chi connectivity index (χ0n) is 14.6. The third-order valence-corrected chi connectivity index (χ3v) is 5.73. The highest BCUT2D eigenvalue weighted by Gasteiger charge is 2.25. The van der Waals surface area contributed by atoms with E-state index in [1.54, 1.807) is 17.4 Å². The van der Waals surface area contributed by atoms with Gasteiger partial charge in [-0.1, -0.05) is 0 Å². The molecule has 1 unspecified atom stereocenters. The number of imidazole rings is 1. The van der Waals surface area contributed by atoms with Gasteiger partial charge in [-0.05, 0) is 55.7 Å². The zero-order chi connectivity index (χ0) is 17.6. The van der Waals surface area contributed by atoms with Crippen LogP contribution < -0.4 is 0 Å². The van der Waals surface area contributed by atoms with Crippen molar-refractivity contribution in [3.8, 4) is 0 Å². The number of hydrogen-bond acceptors (Lipinski definition) is 4. The van der Waals surface area contributed by atoms with Crippen LogP contribution in [-0.4, -0.2) is 38.1 Å². The van der Waals surface area contributed by atoms with E-state index in [-0.39, 0.29) is 12.5 Å². The van der Waals surface area contributed by atoms with Crippen molar-refractivity contribution in [1.82, 2.24) is 14.5 Å². The van der Waals surface area contributed by atoms with Crippen LogP contribution in [0.4, 0.5) is 0 Å². The molecule has 3 rings (SSSR count). The molecule has 1 aliphatic rings. The number of nitrogens with zero attached hydrogens (tertiary/aromatic N) is 3. The summed E-state index contributed by atoms with van der Waals surface area (Å²) in [5.41, 5.74) is 0.892. The Hall–Kier alpha value is -1.92. The number of rotatable bonds is 6. The van der Waals surface area contributed by atoms with Crippen molar-refractivity contribution in [1.29, 1.82) is 0 Å². The Balaban J connectivity index is 1.61. The van der Waals surface area contributed by atoms with Gasteiger partial charge >= 0.3 is 0 Å². The first-order valence-corrected chi connectivity index (χ1v) is 9.70. The number of carbonyl (C=O) groups is 1. The maximum absolute atomic E-state index is 12.7. The number of thiophene rings is 1. The average molecular weight is 359 g/mol. The van der Waals surface area contributed by atoms with Crippen LogP contribution in [0, 0.1) is 6.92 Å². The Kier molecular flexibility index (Phi) is 6.04. The van der Waals surface area contributed by atoms with Gasteiger partial charge in [-0.15, -0.1) is 11.3 Å². The first-order chi connectivity index (χ1) is 12.2. The SMILES string of the molecule is Cc1nccn1CCC1CCCCN1C(=O)C=Cc1cc(CO)cs1. The molecule has 1 aliphatic heterocycles. The molecular weight excluding hydrogens is 334 g/mol. The van der Waals surface area contributed by atoms with E-state index >= 15 is 0 Å². The molecule has 0 aromatic carbocycles. The van der Waals surface area contributed by atoms with E-state index in [0.29, 0.717) is 6.04 Å². The second kappa shape index (κ2) is 8.45. The first-order valence-electron chi connectivity index (χ1n) is 8.82. The lowest BCUT2D eigenvalue weighted by molar-refractivity contribution is -0.129. The van der Waals surface area contributed by atoms with Crippen molar-refractivity contribution in [2.45, 2.75) is 51.8 Å². The Morgan fingerprint density at radius 3 is 3.08 bits per heavy atom. The number of aryl methyl sites for hydroxylation is 2. The van der Waals surface area contributed by atoms with Crippen LogP contribution in [0.3, 0.4) is 0 Å². The first kappa shape index (κ1) is 17.9. The molecule has 2 aromatic rings. The number of carbonyl (C=O) groups excluding carboxylic acids is 1. The molecule has 1 amide bonds. The highest BCUT2D eigenvalue weighted by molar-refractivity contribution is 7.11. The number of likely N-dealkylation sites (tertiary alicyclic amines) is 1. The van der Waals surface area contributed by atoms with Gasteiger partial charge in [0.25, 0.3) is 0 Å². The molecule has 3 heterocycles. The number of piperidine rings is 1. The molecule has 5 nitrogen and oxygen atoms in total. The van der Waals surface area contributed by atoms with Gasteiger partial charge in [-0.3, -0.25) is 4.79 Å². The molecule has 0 radical (unpaired) electrons. The second-order valence-electron chi connectivity index (χ2n) is 6.49. The molecular formula is C19H25N3O2S. The van der Waals surface area contributed by atoms with Gasteiger partial charge in [0.2, 0.25) is 5.91 Å².